The zero-order valence-electron chi connectivity index (χ0n) is 6.20. The SMILES string of the molecule is N#CN1CCn2cccc2C1. The zero-order valence-corrected chi connectivity index (χ0v) is 6.20. The topological polar surface area (TPSA) is 32.0 Å². The van der Waals surface area contributed by atoms with Gasteiger partial charge in [0.1, 0.15) is 0 Å². The molecule has 2 rings (SSSR count). The van der Waals surface area contributed by atoms with Crippen LogP contribution in [-0.4, -0.2) is 16.0 Å². The van der Waals surface area contributed by atoms with Crippen molar-refractivity contribution in [1.29, 1.82) is 5.26 Å². The van der Waals surface area contributed by atoms with Crippen molar-refractivity contribution in [1.82, 2.24) is 9.47 Å². The van der Waals surface area contributed by atoms with E-state index in [9.17, 15) is 0 Å². The van der Waals surface area contributed by atoms with Crippen molar-refractivity contribution in [3.05, 3.63) is 24.0 Å². The molecule has 0 atom stereocenters. The highest BCUT2D eigenvalue weighted by Crippen LogP contribution is 2.10. The summed E-state index contributed by atoms with van der Waals surface area (Å²) in [6, 6.07) is 4.08. The number of hydrogen-bond donors (Lipinski definition) is 0. The van der Waals surface area contributed by atoms with Crippen molar-refractivity contribution in [2.45, 2.75) is 13.1 Å². The van der Waals surface area contributed by atoms with E-state index < -0.39 is 0 Å². The average molecular weight is 147 g/mol. The van der Waals surface area contributed by atoms with Gasteiger partial charge in [0, 0.05) is 25.0 Å². The molecule has 0 saturated carbocycles. The lowest BCUT2D eigenvalue weighted by atomic mass is 10.3. The summed E-state index contributed by atoms with van der Waals surface area (Å²) in [5.74, 6) is 0. The van der Waals surface area contributed by atoms with E-state index in [-0.39, 0.29) is 0 Å². The molecule has 1 aromatic rings. The third kappa shape index (κ3) is 0.966. The first-order chi connectivity index (χ1) is 5.40. The minimum atomic E-state index is 0.767. The molecule has 1 aromatic heterocycles. The summed E-state index contributed by atoms with van der Waals surface area (Å²) in [4.78, 5) is 1.77. The second-order valence-corrected chi connectivity index (χ2v) is 2.71. The number of rotatable bonds is 0. The van der Waals surface area contributed by atoms with Gasteiger partial charge in [0.25, 0.3) is 0 Å². The summed E-state index contributed by atoms with van der Waals surface area (Å²) < 4.78 is 2.19. The maximum absolute atomic E-state index is 8.62. The van der Waals surface area contributed by atoms with Crippen molar-refractivity contribution < 1.29 is 0 Å². The van der Waals surface area contributed by atoms with Gasteiger partial charge in [-0.25, -0.2) is 0 Å². The monoisotopic (exact) mass is 147 g/mol. The van der Waals surface area contributed by atoms with Gasteiger partial charge in [-0.1, -0.05) is 0 Å². The van der Waals surface area contributed by atoms with Gasteiger partial charge in [-0.3, -0.25) is 0 Å². The van der Waals surface area contributed by atoms with E-state index in [4.69, 9.17) is 5.26 Å². The molecule has 0 bridgehead atoms. The molecule has 0 saturated heterocycles. The molecule has 0 aliphatic carbocycles. The number of hydrogen-bond acceptors (Lipinski definition) is 2. The van der Waals surface area contributed by atoms with Crippen LogP contribution >= 0.6 is 0 Å². The Morgan fingerprint density at radius 1 is 1.45 bits per heavy atom. The van der Waals surface area contributed by atoms with E-state index in [2.05, 4.69) is 23.0 Å². The Hall–Kier alpha value is -1.43. The summed E-state index contributed by atoms with van der Waals surface area (Å²) in [5.41, 5.74) is 1.23. The van der Waals surface area contributed by atoms with Crippen LogP contribution < -0.4 is 0 Å². The van der Waals surface area contributed by atoms with Gasteiger partial charge >= 0.3 is 0 Å². The van der Waals surface area contributed by atoms with E-state index in [0.29, 0.717) is 0 Å². The van der Waals surface area contributed by atoms with Crippen LogP contribution in [-0.2, 0) is 13.1 Å². The molecule has 0 spiro atoms. The molecule has 0 unspecified atom stereocenters. The minimum absolute atomic E-state index is 0.767. The van der Waals surface area contributed by atoms with Crippen molar-refractivity contribution in [3.63, 3.8) is 0 Å². The van der Waals surface area contributed by atoms with Crippen molar-refractivity contribution in [3.8, 4) is 6.19 Å². The fourth-order valence-electron chi connectivity index (χ4n) is 1.40. The molecule has 0 radical (unpaired) electrons. The van der Waals surface area contributed by atoms with Crippen molar-refractivity contribution in [2.75, 3.05) is 6.54 Å². The van der Waals surface area contributed by atoms with Gasteiger partial charge in [-0.15, -0.1) is 0 Å². The first-order valence-corrected chi connectivity index (χ1v) is 3.69. The second kappa shape index (κ2) is 2.31. The van der Waals surface area contributed by atoms with E-state index >= 15 is 0 Å². The van der Waals surface area contributed by atoms with Gasteiger partial charge in [0.2, 0.25) is 0 Å². The van der Waals surface area contributed by atoms with Gasteiger partial charge < -0.3 is 9.47 Å². The van der Waals surface area contributed by atoms with Gasteiger partial charge in [0.15, 0.2) is 6.19 Å². The Bertz CT molecular complexity index is 295. The largest absolute Gasteiger partial charge is 0.348 e. The van der Waals surface area contributed by atoms with Crippen LogP contribution in [0.5, 0.6) is 0 Å². The number of nitrogens with zero attached hydrogens (tertiary/aromatic N) is 3. The smallest absolute Gasteiger partial charge is 0.179 e. The van der Waals surface area contributed by atoms with Gasteiger partial charge in [-0.05, 0) is 12.1 Å². The molecule has 0 fully saturated rings. The van der Waals surface area contributed by atoms with Crippen molar-refractivity contribution in [2.24, 2.45) is 0 Å². The molecule has 1 aliphatic rings. The molecule has 2 heterocycles. The summed E-state index contributed by atoms with van der Waals surface area (Å²) in [7, 11) is 0. The Balaban J connectivity index is 2.26. The van der Waals surface area contributed by atoms with E-state index in [1.54, 1.807) is 4.90 Å². The van der Waals surface area contributed by atoms with Crippen molar-refractivity contribution >= 4 is 0 Å². The Kier molecular flexibility index (Phi) is 1.32. The molecule has 0 N–H and O–H groups in total. The molecular formula is C8H9N3. The maximum Gasteiger partial charge on any atom is 0.179 e. The molecule has 56 valence electrons. The zero-order chi connectivity index (χ0) is 7.68. The normalized spacial score (nSPS) is 15.7. The lowest BCUT2D eigenvalue weighted by molar-refractivity contribution is 0.316. The third-order valence-electron chi connectivity index (χ3n) is 2.03. The van der Waals surface area contributed by atoms with E-state index in [1.807, 2.05) is 6.07 Å². The lowest BCUT2D eigenvalue weighted by Gasteiger charge is -2.23. The third-order valence-corrected chi connectivity index (χ3v) is 2.03. The van der Waals surface area contributed by atoms with Crippen LogP contribution in [0, 0.1) is 11.5 Å². The number of aromatic nitrogens is 1. The Labute approximate surface area is 65.5 Å². The average Bonchev–Trinajstić information content (AvgIpc) is 2.50. The standard InChI is InChI=1S/C8H9N3/c9-7-10-4-5-11-3-1-2-8(11)6-10/h1-3H,4-6H2. The van der Waals surface area contributed by atoms with Gasteiger partial charge in [0.05, 0.1) is 6.54 Å². The van der Waals surface area contributed by atoms with Crippen LogP contribution in [0.4, 0.5) is 0 Å². The van der Waals surface area contributed by atoms with E-state index in [0.717, 1.165) is 19.6 Å². The summed E-state index contributed by atoms with van der Waals surface area (Å²) in [6.45, 7) is 2.55. The van der Waals surface area contributed by atoms with E-state index in [1.165, 1.54) is 5.69 Å². The molecule has 0 aromatic carbocycles. The molecule has 0 amide bonds. The Morgan fingerprint density at radius 2 is 2.36 bits per heavy atom. The minimum Gasteiger partial charge on any atom is -0.348 e. The second-order valence-electron chi connectivity index (χ2n) is 2.71. The van der Waals surface area contributed by atoms with Crippen LogP contribution in [0.2, 0.25) is 0 Å². The molecule has 3 heteroatoms. The molecule has 11 heavy (non-hydrogen) atoms. The molecular weight excluding hydrogens is 138 g/mol. The first-order valence-electron chi connectivity index (χ1n) is 3.69. The lowest BCUT2D eigenvalue weighted by Crippen LogP contribution is -2.29. The van der Waals surface area contributed by atoms with Crippen LogP contribution in [0.1, 0.15) is 5.69 Å². The van der Waals surface area contributed by atoms with Crippen LogP contribution in [0.25, 0.3) is 0 Å². The summed E-state index contributed by atoms with van der Waals surface area (Å²) >= 11 is 0. The van der Waals surface area contributed by atoms with Crippen LogP contribution in [0.3, 0.4) is 0 Å². The van der Waals surface area contributed by atoms with Crippen LogP contribution in [0.15, 0.2) is 18.3 Å². The van der Waals surface area contributed by atoms with Gasteiger partial charge in [-0.2, -0.15) is 5.26 Å². The quantitative estimate of drug-likeness (QED) is 0.508. The fraction of sp³-hybridized carbons (Fsp3) is 0.375. The number of nitriles is 1. The summed E-state index contributed by atoms with van der Waals surface area (Å²) in [6.07, 6.45) is 4.21. The highest BCUT2D eigenvalue weighted by atomic mass is 15.2. The fourth-order valence-corrected chi connectivity index (χ4v) is 1.40. The predicted octanol–water partition coefficient (Wildman–Crippen LogP) is 0.785. The first kappa shape index (κ1) is 6.29. The summed E-state index contributed by atoms with van der Waals surface area (Å²) in [5, 5.41) is 8.62. The Morgan fingerprint density at radius 3 is 3.18 bits per heavy atom. The highest BCUT2D eigenvalue weighted by Gasteiger charge is 2.12. The maximum atomic E-state index is 8.62. The predicted molar refractivity (Wildman–Crippen MR) is 40.5 cm³/mol. The molecule has 3 nitrogen and oxygen atoms in total. The molecule has 1 aliphatic heterocycles. The highest BCUT2D eigenvalue weighted by molar-refractivity contribution is 5.09. The number of fused-ring (bicyclic) bond motifs is 1.